The molecule has 2 amide bonds. The molecule has 1 unspecified atom stereocenters. The molecule has 5 heteroatoms. The normalized spacial score (nSPS) is 14.2. The molecule has 0 rings (SSSR count). The van der Waals surface area contributed by atoms with Crippen molar-refractivity contribution in [3.05, 3.63) is 12.7 Å². The molecule has 0 radical (unpaired) electrons. The van der Waals surface area contributed by atoms with E-state index in [1.807, 2.05) is 20.8 Å². The molecule has 116 valence electrons. The summed E-state index contributed by atoms with van der Waals surface area (Å²) < 4.78 is 0. The molecule has 0 saturated carbocycles. The van der Waals surface area contributed by atoms with E-state index in [4.69, 9.17) is 11.6 Å². The second-order valence-electron chi connectivity index (χ2n) is 6.09. The Morgan fingerprint density at radius 3 is 2.20 bits per heavy atom. The van der Waals surface area contributed by atoms with Gasteiger partial charge in [-0.2, -0.15) is 0 Å². The van der Waals surface area contributed by atoms with Gasteiger partial charge in [0.05, 0.1) is 0 Å². The number of alkyl halides is 1. The predicted octanol–water partition coefficient (Wildman–Crippen LogP) is 2.76. The molecule has 0 aromatic rings. The van der Waals surface area contributed by atoms with Crippen LogP contribution in [0.3, 0.4) is 0 Å². The quantitative estimate of drug-likeness (QED) is 0.535. The lowest BCUT2D eigenvalue weighted by molar-refractivity contribution is -0.134. The molecule has 0 aromatic carbocycles. The van der Waals surface area contributed by atoms with Crippen molar-refractivity contribution in [1.82, 2.24) is 10.6 Å². The van der Waals surface area contributed by atoms with Crippen LogP contribution in [0.15, 0.2) is 12.7 Å². The number of rotatable bonds is 8. The first kappa shape index (κ1) is 19.0. The molecule has 0 aliphatic heterocycles. The molecule has 1 atom stereocenters. The maximum atomic E-state index is 12.6. The lowest BCUT2D eigenvalue weighted by Gasteiger charge is -2.36. The molecule has 0 fully saturated rings. The van der Waals surface area contributed by atoms with Crippen molar-refractivity contribution in [1.29, 1.82) is 0 Å². The van der Waals surface area contributed by atoms with Crippen LogP contribution in [0.25, 0.3) is 0 Å². The van der Waals surface area contributed by atoms with Crippen molar-refractivity contribution >= 4 is 23.4 Å². The molecular weight excluding hydrogens is 276 g/mol. The second kappa shape index (κ2) is 8.30. The van der Waals surface area contributed by atoms with Gasteiger partial charge in [0.25, 0.3) is 0 Å². The van der Waals surface area contributed by atoms with Gasteiger partial charge in [0, 0.05) is 18.3 Å². The molecule has 0 heterocycles. The Morgan fingerprint density at radius 1 is 1.20 bits per heavy atom. The first-order chi connectivity index (χ1) is 9.17. The van der Waals surface area contributed by atoms with Crippen LogP contribution in [0, 0.1) is 0 Å². The van der Waals surface area contributed by atoms with E-state index < -0.39 is 5.54 Å². The second-order valence-corrected chi connectivity index (χ2v) is 6.47. The fraction of sp³-hybridized carbons (Fsp3) is 0.733. The van der Waals surface area contributed by atoms with Crippen LogP contribution < -0.4 is 10.6 Å². The number of hydrogen-bond donors (Lipinski definition) is 2. The van der Waals surface area contributed by atoms with Crippen LogP contribution in [0.5, 0.6) is 0 Å². The largest absolute Gasteiger partial charge is 0.349 e. The highest BCUT2D eigenvalue weighted by Crippen LogP contribution is 2.22. The van der Waals surface area contributed by atoms with Gasteiger partial charge in [-0.05, 0) is 46.5 Å². The average molecular weight is 303 g/mol. The first-order valence-electron chi connectivity index (χ1n) is 6.95. The molecule has 0 aromatic heterocycles. The number of amides is 2. The topological polar surface area (TPSA) is 58.2 Å². The zero-order valence-electron chi connectivity index (χ0n) is 13.0. The predicted molar refractivity (Wildman–Crippen MR) is 83.8 cm³/mol. The minimum atomic E-state index is -0.914. The summed E-state index contributed by atoms with van der Waals surface area (Å²) in [6.45, 7) is 10.9. The van der Waals surface area contributed by atoms with E-state index in [-0.39, 0.29) is 17.4 Å². The summed E-state index contributed by atoms with van der Waals surface area (Å²) in [5.41, 5.74) is -1.27. The summed E-state index contributed by atoms with van der Waals surface area (Å²) >= 11 is 5.75. The third-order valence-corrected chi connectivity index (χ3v) is 3.12. The van der Waals surface area contributed by atoms with Crippen LogP contribution in [0.2, 0.25) is 0 Å². The van der Waals surface area contributed by atoms with E-state index in [0.717, 1.165) is 0 Å². The summed E-state index contributed by atoms with van der Waals surface area (Å²) in [6.07, 6.45) is 4.11. The third kappa shape index (κ3) is 6.94. The van der Waals surface area contributed by atoms with Gasteiger partial charge in [0.1, 0.15) is 5.54 Å². The van der Waals surface area contributed by atoms with Crippen molar-refractivity contribution < 1.29 is 9.59 Å². The molecule has 2 N–H and O–H groups in total. The standard InChI is InChI=1S/C15H27ClN2O2/c1-6-7-9-15(10-8-11-16,17-12(2)19)13(20)18-14(3,4)5/h6H,1,7-11H2,2-5H3,(H,17,19)(H,18,20). The number of allylic oxidation sites excluding steroid dienone is 1. The zero-order chi connectivity index (χ0) is 15.8. The third-order valence-electron chi connectivity index (χ3n) is 2.85. The summed E-state index contributed by atoms with van der Waals surface area (Å²) in [5.74, 6) is 0.0814. The highest BCUT2D eigenvalue weighted by molar-refractivity contribution is 6.17. The lowest BCUT2D eigenvalue weighted by Crippen LogP contribution is -2.61. The van der Waals surface area contributed by atoms with E-state index in [0.29, 0.717) is 31.6 Å². The van der Waals surface area contributed by atoms with Crippen LogP contribution in [0.1, 0.15) is 53.4 Å². The van der Waals surface area contributed by atoms with E-state index >= 15 is 0 Å². The first-order valence-corrected chi connectivity index (χ1v) is 7.48. The SMILES string of the molecule is C=CCCC(CCCCl)(NC(C)=O)C(=O)NC(C)(C)C. The summed E-state index contributed by atoms with van der Waals surface area (Å²) in [6, 6.07) is 0. The van der Waals surface area contributed by atoms with Gasteiger partial charge in [0.2, 0.25) is 11.8 Å². The van der Waals surface area contributed by atoms with Crippen LogP contribution in [-0.4, -0.2) is 28.8 Å². The smallest absolute Gasteiger partial charge is 0.246 e. The van der Waals surface area contributed by atoms with Gasteiger partial charge in [-0.3, -0.25) is 9.59 Å². The minimum Gasteiger partial charge on any atom is -0.349 e. The fourth-order valence-electron chi connectivity index (χ4n) is 2.05. The molecule has 0 aliphatic rings. The summed E-state index contributed by atoms with van der Waals surface area (Å²) in [4.78, 5) is 24.1. The number of carbonyl (C=O) groups excluding carboxylic acids is 2. The Labute approximate surface area is 127 Å². The summed E-state index contributed by atoms with van der Waals surface area (Å²) in [5, 5.41) is 5.78. The van der Waals surface area contributed by atoms with Crippen LogP contribution in [-0.2, 0) is 9.59 Å². The van der Waals surface area contributed by atoms with E-state index in [9.17, 15) is 9.59 Å². The molecule has 0 aliphatic carbocycles. The molecular formula is C15H27ClN2O2. The van der Waals surface area contributed by atoms with Crippen molar-refractivity contribution in [2.45, 2.75) is 64.5 Å². The van der Waals surface area contributed by atoms with Gasteiger partial charge >= 0.3 is 0 Å². The molecule has 4 nitrogen and oxygen atoms in total. The molecule has 0 bridgehead atoms. The van der Waals surface area contributed by atoms with Crippen molar-refractivity contribution in [3.8, 4) is 0 Å². The number of hydrogen-bond acceptors (Lipinski definition) is 2. The molecule has 0 saturated heterocycles. The monoisotopic (exact) mass is 302 g/mol. The number of nitrogens with one attached hydrogen (secondary N) is 2. The Balaban J connectivity index is 5.26. The van der Waals surface area contributed by atoms with Crippen LogP contribution >= 0.6 is 11.6 Å². The highest BCUT2D eigenvalue weighted by atomic mass is 35.5. The Morgan fingerprint density at radius 2 is 1.80 bits per heavy atom. The number of carbonyl (C=O) groups is 2. The van der Waals surface area contributed by atoms with Gasteiger partial charge in [-0.15, -0.1) is 18.2 Å². The number of halogens is 1. The van der Waals surface area contributed by atoms with Gasteiger partial charge in [0.15, 0.2) is 0 Å². The Hall–Kier alpha value is -1.03. The van der Waals surface area contributed by atoms with Crippen molar-refractivity contribution in [3.63, 3.8) is 0 Å². The maximum absolute atomic E-state index is 12.6. The van der Waals surface area contributed by atoms with E-state index in [1.54, 1.807) is 6.08 Å². The van der Waals surface area contributed by atoms with Crippen molar-refractivity contribution in [2.24, 2.45) is 0 Å². The van der Waals surface area contributed by atoms with Crippen LogP contribution in [0.4, 0.5) is 0 Å². The average Bonchev–Trinajstić information content (AvgIpc) is 2.30. The van der Waals surface area contributed by atoms with E-state index in [1.165, 1.54) is 6.92 Å². The van der Waals surface area contributed by atoms with Gasteiger partial charge in [-0.1, -0.05) is 6.08 Å². The Bertz CT molecular complexity index is 350. The van der Waals surface area contributed by atoms with Gasteiger partial charge < -0.3 is 10.6 Å². The fourth-order valence-corrected chi connectivity index (χ4v) is 2.18. The maximum Gasteiger partial charge on any atom is 0.246 e. The molecule has 0 spiro atoms. The Kier molecular flexibility index (Phi) is 7.87. The highest BCUT2D eigenvalue weighted by Gasteiger charge is 2.39. The zero-order valence-corrected chi connectivity index (χ0v) is 13.8. The molecule has 20 heavy (non-hydrogen) atoms. The van der Waals surface area contributed by atoms with Gasteiger partial charge in [-0.25, -0.2) is 0 Å². The summed E-state index contributed by atoms with van der Waals surface area (Å²) in [7, 11) is 0. The minimum absolute atomic E-state index is 0.160. The van der Waals surface area contributed by atoms with E-state index in [2.05, 4.69) is 17.2 Å². The lowest BCUT2D eigenvalue weighted by atomic mass is 9.86. The van der Waals surface area contributed by atoms with Crippen molar-refractivity contribution in [2.75, 3.05) is 5.88 Å².